The van der Waals surface area contributed by atoms with Crippen molar-refractivity contribution in [2.75, 3.05) is 25.5 Å². The van der Waals surface area contributed by atoms with Crippen LogP contribution >= 0.6 is 11.6 Å². The van der Waals surface area contributed by atoms with Crippen LogP contribution in [0.2, 0.25) is 5.02 Å². The minimum absolute atomic E-state index is 0.0103. The third kappa shape index (κ3) is 4.95. The normalized spacial score (nSPS) is 14.2. The number of anilines is 1. The summed E-state index contributed by atoms with van der Waals surface area (Å²) in [4.78, 5) is 22.5. The molecule has 0 radical (unpaired) electrons. The molecule has 1 aliphatic heterocycles. The first-order valence-electron chi connectivity index (χ1n) is 9.93. The number of carboxylic acids is 1. The lowest BCUT2D eigenvalue weighted by atomic mass is 10.0. The average Bonchev–Trinajstić information content (AvgIpc) is 2.73. The van der Waals surface area contributed by atoms with Gasteiger partial charge in [-0.2, -0.15) is 0 Å². The summed E-state index contributed by atoms with van der Waals surface area (Å²) in [6.07, 6.45) is 3.30. The molecular formula is C23H23ClN4O3. The number of halogens is 1. The van der Waals surface area contributed by atoms with Crippen molar-refractivity contribution >= 4 is 23.5 Å². The van der Waals surface area contributed by atoms with Crippen molar-refractivity contribution in [3.05, 3.63) is 70.5 Å². The predicted molar refractivity (Wildman–Crippen MR) is 120 cm³/mol. The van der Waals surface area contributed by atoms with Gasteiger partial charge in [0.15, 0.2) is 0 Å². The standard InChI is InChI=1S/C23H23ClN4O3/c1-14-4-3-5-15(6-14)9-25-23-26-10-17(11-27-23)16-7-19(22(29)30)21(24)20(8-16)31-18-12-28(2)13-18/h3-8,10-11,18H,9,12-13H2,1-2H3,(H,29,30)(H,25,26,27). The third-order valence-electron chi connectivity index (χ3n) is 5.11. The molecule has 1 aliphatic rings. The minimum atomic E-state index is -1.11. The van der Waals surface area contributed by atoms with Gasteiger partial charge in [-0.3, -0.25) is 4.90 Å². The summed E-state index contributed by atoms with van der Waals surface area (Å²) in [5.41, 5.74) is 3.63. The first-order chi connectivity index (χ1) is 14.9. The Morgan fingerprint density at radius 1 is 1.23 bits per heavy atom. The monoisotopic (exact) mass is 438 g/mol. The lowest BCUT2D eigenvalue weighted by molar-refractivity contribution is 0.0387. The molecule has 4 rings (SSSR count). The number of ether oxygens (including phenoxy) is 1. The van der Waals surface area contributed by atoms with E-state index in [-0.39, 0.29) is 16.7 Å². The second-order valence-corrected chi connectivity index (χ2v) is 8.12. The first-order valence-corrected chi connectivity index (χ1v) is 10.3. The molecular weight excluding hydrogens is 416 g/mol. The van der Waals surface area contributed by atoms with Crippen LogP contribution in [-0.2, 0) is 6.54 Å². The van der Waals surface area contributed by atoms with E-state index in [2.05, 4.69) is 26.3 Å². The van der Waals surface area contributed by atoms with Gasteiger partial charge in [0.05, 0.1) is 10.6 Å². The van der Waals surface area contributed by atoms with Crippen molar-refractivity contribution in [2.24, 2.45) is 0 Å². The molecule has 8 heteroatoms. The number of likely N-dealkylation sites (tertiary alicyclic amines) is 1. The number of aromatic nitrogens is 2. The number of rotatable bonds is 7. The number of nitrogens with zero attached hydrogens (tertiary/aromatic N) is 3. The van der Waals surface area contributed by atoms with Crippen molar-refractivity contribution in [3.63, 3.8) is 0 Å². The van der Waals surface area contributed by atoms with Crippen LogP contribution in [0.25, 0.3) is 11.1 Å². The fourth-order valence-corrected chi connectivity index (χ4v) is 3.71. The summed E-state index contributed by atoms with van der Waals surface area (Å²) >= 11 is 6.30. The highest BCUT2D eigenvalue weighted by atomic mass is 35.5. The van der Waals surface area contributed by atoms with E-state index >= 15 is 0 Å². The number of likely N-dealkylation sites (N-methyl/N-ethyl adjacent to an activating group) is 1. The number of benzene rings is 2. The zero-order valence-corrected chi connectivity index (χ0v) is 18.1. The Morgan fingerprint density at radius 2 is 1.97 bits per heavy atom. The maximum Gasteiger partial charge on any atom is 0.337 e. The Kier molecular flexibility index (Phi) is 6.06. The highest BCUT2D eigenvalue weighted by Crippen LogP contribution is 2.35. The third-order valence-corrected chi connectivity index (χ3v) is 5.50. The summed E-state index contributed by atoms with van der Waals surface area (Å²) in [6, 6.07) is 11.5. The molecule has 7 nitrogen and oxygen atoms in total. The lowest BCUT2D eigenvalue weighted by Crippen LogP contribution is -2.51. The van der Waals surface area contributed by atoms with Gasteiger partial charge < -0.3 is 15.2 Å². The van der Waals surface area contributed by atoms with Gasteiger partial charge in [0.25, 0.3) is 0 Å². The van der Waals surface area contributed by atoms with Crippen molar-refractivity contribution in [3.8, 4) is 16.9 Å². The lowest BCUT2D eigenvalue weighted by Gasteiger charge is -2.36. The smallest absolute Gasteiger partial charge is 0.337 e. The van der Waals surface area contributed by atoms with E-state index in [0.29, 0.717) is 29.4 Å². The molecule has 0 aliphatic carbocycles. The fourth-order valence-electron chi connectivity index (χ4n) is 3.47. The zero-order chi connectivity index (χ0) is 22.0. The number of aromatic carboxylic acids is 1. The van der Waals surface area contributed by atoms with Crippen molar-refractivity contribution < 1.29 is 14.6 Å². The van der Waals surface area contributed by atoms with Crippen LogP contribution in [0.4, 0.5) is 5.95 Å². The molecule has 1 fully saturated rings. The number of nitrogens with one attached hydrogen (secondary N) is 1. The van der Waals surface area contributed by atoms with Crippen LogP contribution < -0.4 is 10.1 Å². The molecule has 2 N–H and O–H groups in total. The number of aryl methyl sites for hydroxylation is 1. The molecule has 2 heterocycles. The van der Waals surface area contributed by atoms with E-state index < -0.39 is 5.97 Å². The Bertz CT molecular complexity index is 1100. The van der Waals surface area contributed by atoms with Gasteiger partial charge in [-0.05, 0) is 37.2 Å². The van der Waals surface area contributed by atoms with Crippen molar-refractivity contribution in [1.82, 2.24) is 14.9 Å². The minimum Gasteiger partial charge on any atom is -0.486 e. The van der Waals surface area contributed by atoms with Gasteiger partial charge >= 0.3 is 5.97 Å². The molecule has 1 aromatic heterocycles. The molecule has 160 valence electrons. The van der Waals surface area contributed by atoms with Gasteiger partial charge in [0.2, 0.25) is 5.95 Å². The molecule has 0 spiro atoms. The highest BCUT2D eigenvalue weighted by molar-refractivity contribution is 6.35. The Labute approximate surface area is 185 Å². The van der Waals surface area contributed by atoms with Gasteiger partial charge in [0.1, 0.15) is 11.9 Å². The van der Waals surface area contributed by atoms with E-state index in [9.17, 15) is 9.90 Å². The fraction of sp³-hybridized carbons (Fsp3) is 0.261. The predicted octanol–water partition coefficient (Wildman–Crippen LogP) is 4.11. The summed E-state index contributed by atoms with van der Waals surface area (Å²) in [5, 5.41) is 12.9. The number of hydrogen-bond acceptors (Lipinski definition) is 6. The highest BCUT2D eigenvalue weighted by Gasteiger charge is 2.27. The van der Waals surface area contributed by atoms with E-state index in [1.807, 2.05) is 32.2 Å². The van der Waals surface area contributed by atoms with Crippen LogP contribution in [0.1, 0.15) is 21.5 Å². The Morgan fingerprint density at radius 3 is 2.61 bits per heavy atom. The van der Waals surface area contributed by atoms with Crippen LogP contribution in [0, 0.1) is 6.92 Å². The number of hydrogen-bond donors (Lipinski definition) is 2. The van der Waals surface area contributed by atoms with E-state index in [1.165, 1.54) is 11.6 Å². The van der Waals surface area contributed by atoms with Gasteiger partial charge in [0, 0.05) is 37.6 Å². The molecule has 3 aromatic rings. The summed E-state index contributed by atoms with van der Waals surface area (Å²) in [7, 11) is 1.99. The second kappa shape index (κ2) is 8.91. The van der Waals surface area contributed by atoms with Gasteiger partial charge in [-0.15, -0.1) is 0 Å². The molecule has 0 saturated carbocycles. The number of carbonyl (C=O) groups is 1. The van der Waals surface area contributed by atoms with E-state index in [4.69, 9.17) is 16.3 Å². The van der Waals surface area contributed by atoms with Gasteiger partial charge in [-0.25, -0.2) is 14.8 Å². The van der Waals surface area contributed by atoms with Crippen molar-refractivity contribution in [2.45, 2.75) is 19.6 Å². The molecule has 0 amide bonds. The number of carboxylic acid groups (broad SMARTS) is 1. The molecule has 2 aromatic carbocycles. The summed E-state index contributed by atoms with van der Waals surface area (Å²) in [5.74, 6) is -0.261. The van der Waals surface area contributed by atoms with Crippen LogP contribution in [0.3, 0.4) is 0 Å². The molecule has 0 bridgehead atoms. The van der Waals surface area contributed by atoms with E-state index in [1.54, 1.807) is 18.5 Å². The van der Waals surface area contributed by atoms with Crippen molar-refractivity contribution in [1.29, 1.82) is 0 Å². The van der Waals surface area contributed by atoms with Crippen LogP contribution in [0.15, 0.2) is 48.8 Å². The Balaban J connectivity index is 1.53. The van der Waals surface area contributed by atoms with Crippen LogP contribution in [-0.4, -0.2) is 52.2 Å². The molecule has 0 unspecified atom stereocenters. The largest absolute Gasteiger partial charge is 0.486 e. The molecule has 1 saturated heterocycles. The second-order valence-electron chi connectivity index (χ2n) is 7.74. The van der Waals surface area contributed by atoms with E-state index in [0.717, 1.165) is 18.7 Å². The molecule has 0 atom stereocenters. The first kappa shape index (κ1) is 21.1. The SMILES string of the molecule is Cc1cccc(CNc2ncc(-c3cc(OC4CN(C)C4)c(Cl)c(C(=O)O)c3)cn2)c1. The molecule has 31 heavy (non-hydrogen) atoms. The van der Waals surface area contributed by atoms with Crippen LogP contribution in [0.5, 0.6) is 5.75 Å². The zero-order valence-electron chi connectivity index (χ0n) is 17.3. The maximum atomic E-state index is 11.7. The summed E-state index contributed by atoms with van der Waals surface area (Å²) in [6.45, 7) is 4.20. The average molecular weight is 439 g/mol. The summed E-state index contributed by atoms with van der Waals surface area (Å²) < 4.78 is 5.94. The quantitative estimate of drug-likeness (QED) is 0.574. The van der Waals surface area contributed by atoms with Gasteiger partial charge in [-0.1, -0.05) is 41.4 Å². The maximum absolute atomic E-state index is 11.7. The Hall–Kier alpha value is -3.16. The topological polar surface area (TPSA) is 87.6 Å².